The highest BCUT2D eigenvalue weighted by molar-refractivity contribution is 7.92. The molecule has 1 aromatic heterocycles. The Morgan fingerprint density at radius 3 is 1.88 bits per heavy atom. The number of hydrogen-bond donors (Lipinski definition) is 0. The van der Waals surface area contributed by atoms with Crippen LogP contribution in [0.4, 0.5) is 0 Å². The number of thiophene rings is 1. The Labute approximate surface area is 249 Å². The predicted molar refractivity (Wildman–Crippen MR) is 177 cm³/mol. The minimum absolute atomic E-state index is 0.398. The fraction of sp³-hybridized carbons (Fsp3) is 0.444. The number of benzene rings is 1. The van der Waals surface area contributed by atoms with Gasteiger partial charge in [-0.3, -0.25) is 0 Å². The van der Waals surface area contributed by atoms with E-state index < -0.39 is 15.1 Å². The van der Waals surface area contributed by atoms with Gasteiger partial charge in [0.25, 0.3) is 0 Å². The molecule has 1 atom stereocenters. The largest absolute Gasteiger partial charge is 0.223 e. The lowest BCUT2D eigenvalue weighted by atomic mass is 10.0. The van der Waals surface area contributed by atoms with E-state index in [4.69, 9.17) is 0 Å². The lowest BCUT2D eigenvalue weighted by molar-refractivity contribution is 0.586. The number of hydrogen-bond acceptors (Lipinski definition) is 3. The number of sulfone groups is 1. The molecule has 40 heavy (non-hydrogen) atoms. The SMILES string of the molecule is CC(C)=CCC/C(C)=C/CC/C(C)=C/CC/C(C)=C/C(C/C(C)=C/CCc1ccsc1)S(=O)(=O)c1ccccc1. The fourth-order valence-corrected chi connectivity index (χ4v) is 7.13. The standard InChI is InChI=1S/C36H50O2S2/c1-29(2)14-10-15-30(3)16-11-17-31(4)18-12-19-32(5)26-36(40(37,38)35-22-8-7-9-23-35)27-33(6)20-13-21-34-24-25-39-28-34/h7-9,14,16,18,20,22-26,28,36H,10-13,15,17,19,21,27H2,1-6H3/b30-16+,31-18+,32-26+,33-20+. The molecule has 218 valence electrons. The maximum absolute atomic E-state index is 13.6. The Morgan fingerprint density at radius 2 is 1.30 bits per heavy atom. The molecule has 0 amide bonds. The molecule has 1 unspecified atom stereocenters. The smallest absolute Gasteiger partial charge is 0.185 e. The van der Waals surface area contributed by atoms with Crippen molar-refractivity contribution in [1.82, 2.24) is 0 Å². The Morgan fingerprint density at radius 1 is 0.725 bits per heavy atom. The third-order valence-corrected chi connectivity index (χ3v) is 9.89. The van der Waals surface area contributed by atoms with Gasteiger partial charge in [0.2, 0.25) is 0 Å². The van der Waals surface area contributed by atoms with E-state index in [0.29, 0.717) is 11.3 Å². The van der Waals surface area contributed by atoms with Crippen LogP contribution in [0.2, 0.25) is 0 Å². The van der Waals surface area contributed by atoms with E-state index in [2.05, 4.69) is 82.7 Å². The van der Waals surface area contributed by atoms with E-state index in [-0.39, 0.29) is 0 Å². The molecule has 0 aliphatic heterocycles. The highest BCUT2D eigenvalue weighted by Gasteiger charge is 2.26. The van der Waals surface area contributed by atoms with Crippen molar-refractivity contribution < 1.29 is 8.42 Å². The van der Waals surface area contributed by atoms with Crippen LogP contribution in [-0.2, 0) is 16.3 Å². The summed E-state index contributed by atoms with van der Waals surface area (Å²) < 4.78 is 27.3. The molecular weight excluding hydrogens is 529 g/mol. The topological polar surface area (TPSA) is 34.1 Å². The van der Waals surface area contributed by atoms with Gasteiger partial charge in [0.05, 0.1) is 10.1 Å². The van der Waals surface area contributed by atoms with Crippen LogP contribution in [0, 0.1) is 0 Å². The zero-order valence-electron chi connectivity index (χ0n) is 25.6. The van der Waals surface area contributed by atoms with Crippen LogP contribution >= 0.6 is 11.3 Å². The normalized spacial score (nSPS) is 14.3. The van der Waals surface area contributed by atoms with Crippen LogP contribution in [0.15, 0.2) is 110 Å². The first-order chi connectivity index (χ1) is 19.1. The van der Waals surface area contributed by atoms with Gasteiger partial charge in [0.1, 0.15) is 0 Å². The fourth-order valence-electron chi connectivity index (χ4n) is 4.65. The summed E-state index contributed by atoms with van der Waals surface area (Å²) in [5, 5.41) is 3.72. The van der Waals surface area contributed by atoms with E-state index in [0.717, 1.165) is 62.5 Å². The summed E-state index contributed by atoms with van der Waals surface area (Å²) in [4.78, 5) is 0.398. The Hall–Kier alpha value is -2.43. The molecule has 0 aliphatic carbocycles. The highest BCUT2D eigenvalue weighted by Crippen LogP contribution is 2.25. The number of aryl methyl sites for hydroxylation is 1. The van der Waals surface area contributed by atoms with Crippen molar-refractivity contribution in [2.75, 3.05) is 0 Å². The van der Waals surface area contributed by atoms with E-state index in [9.17, 15) is 8.42 Å². The van der Waals surface area contributed by atoms with Crippen LogP contribution in [-0.4, -0.2) is 13.7 Å². The van der Waals surface area contributed by atoms with Gasteiger partial charge in [-0.05, 0) is 134 Å². The van der Waals surface area contributed by atoms with Crippen molar-refractivity contribution in [2.45, 2.75) is 109 Å². The van der Waals surface area contributed by atoms with E-state index in [1.807, 2.05) is 12.1 Å². The average molecular weight is 579 g/mol. The van der Waals surface area contributed by atoms with Crippen LogP contribution < -0.4 is 0 Å². The van der Waals surface area contributed by atoms with Crippen molar-refractivity contribution in [1.29, 1.82) is 0 Å². The molecule has 0 bridgehead atoms. The molecule has 0 aliphatic rings. The molecule has 0 fully saturated rings. The summed E-state index contributed by atoms with van der Waals surface area (Å²) in [7, 11) is -3.47. The van der Waals surface area contributed by atoms with Gasteiger partial charge < -0.3 is 0 Å². The highest BCUT2D eigenvalue weighted by atomic mass is 32.2. The zero-order valence-corrected chi connectivity index (χ0v) is 27.2. The van der Waals surface area contributed by atoms with E-state index in [1.165, 1.54) is 22.3 Å². The van der Waals surface area contributed by atoms with Crippen molar-refractivity contribution in [3.63, 3.8) is 0 Å². The van der Waals surface area contributed by atoms with Crippen LogP contribution in [0.1, 0.15) is 98.5 Å². The second-order valence-electron chi connectivity index (χ2n) is 11.3. The molecule has 2 nitrogen and oxygen atoms in total. The van der Waals surface area contributed by atoms with E-state index >= 15 is 0 Å². The second-order valence-corrected chi connectivity index (χ2v) is 14.3. The van der Waals surface area contributed by atoms with Crippen LogP contribution in [0.3, 0.4) is 0 Å². The quantitative estimate of drug-likeness (QED) is 0.175. The van der Waals surface area contributed by atoms with Gasteiger partial charge in [-0.1, -0.05) is 76.4 Å². The first-order valence-corrected chi connectivity index (χ1v) is 17.1. The Kier molecular flexibility index (Phi) is 15.3. The molecular formula is C36H50O2S2. The summed E-state index contributed by atoms with van der Waals surface area (Å²) in [6.45, 7) is 12.9. The van der Waals surface area contributed by atoms with Crippen molar-refractivity contribution >= 4 is 21.2 Å². The number of rotatable bonds is 17. The first kappa shape index (κ1) is 33.8. The van der Waals surface area contributed by atoms with Crippen molar-refractivity contribution in [3.8, 4) is 0 Å². The predicted octanol–water partition coefficient (Wildman–Crippen LogP) is 11.0. The molecule has 0 spiro atoms. The Balaban J connectivity index is 2.00. The van der Waals surface area contributed by atoms with Crippen molar-refractivity contribution in [3.05, 3.63) is 111 Å². The minimum Gasteiger partial charge on any atom is -0.223 e. The molecule has 2 rings (SSSR count). The third-order valence-electron chi connectivity index (χ3n) is 7.12. The van der Waals surface area contributed by atoms with Crippen molar-refractivity contribution in [2.24, 2.45) is 0 Å². The maximum Gasteiger partial charge on any atom is 0.185 e. The zero-order chi connectivity index (χ0) is 29.4. The van der Waals surface area contributed by atoms with Crippen LogP contribution in [0.5, 0.6) is 0 Å². The maximum atomic E-state index is 13.6. The second kappa shape index (κ2) is 18.1. The summed E-state index contributed by atoms with van der Waals surface area (Å²) in [5.41, 5.74) is 7.85. The monoisotopic (exact) mass is 578 g/mol. The van der Waals surface area contributed by atoms with Gasteiger partial charge in [-0.15, -0.1) is 0 Å². The summed E-state index contributed by atoms with van der Waals surface area (Å²) in [6.07, 6.45) is 19.8. The van der Waals surface area contributed by atoms with Gasteiger partial charge in [-0.2, -0.15) is 11.3 Å². The van der Waals surface area contributed by atoms with Gasteiger partial charge in [0.15, 0.2) is 9.84 Å². The molecule has 0 saturated heterocycles. The lowest BCUT2D eigenvalue weighted by Crippen LogP contribution is -2.20. The molecule has 0 N–H and O–H groups in total. The molecule has 1 heterocycles. The van der Waals surface area contributed by atoms with Gasteiger partial charge in [-0.25, -0.2) is 8.42 Å². The lowest BCUT2D eigenvalue weighted by Gasteiger charge is -2.16. The van der Waals surface area contributed by atoms with Gasteiger partial charge in [0, 0.05) is 0 Å². The van der Waals surface area contributed by atoms with E-state index in [1.54, 1.807) is 35.6 Å². The summed E-state index contributed by atoms with van der Waals surface area (Å²) >= 11 is 1.72. The van der Waals surface area contributed by atoms with Crippen LogP contribution in [0.25, 0.3) is 0 Å². The minimum atomic E-state index is -3.47. The molecule has 0 saturated carbocycles. The molecule has 2 aromatic rings. The summed E-state index contributed by atoms with van der Waals surface area (Å²) in [6, 6.07) is 11.1. The Bertz CT molecular complexity index is 1270. The molecule has 4 heteroatoms. The molecule has 0 radical (unpaired) electrons. The summed E-state index contributed by atoms with van der Waals surface area (Å²) in [5.74, 6) is 0. The number of allylic oxidation sites excluding steroid dienone is 9. The third kappa shape index (κ3) is 13.3. The average Bonchev–Trinajstić information content (AvgIpc) is 3.42. The molecule has 1 aromatic carbocycles. The van der Waals surface area contributed by atoms with Gasteiger partial charge >= 0.3 is 0 Å². The first-order valence-electron chi connectivity index (χ1n) is 14.7.